The fourth-order valence-corrected chi connectivity index (χ4v) is 4.62. The molecule has 2 N–H and O–H groups in total. The predicted molar refractivity (Wildman–Crippen MR) is 105 cm³/mol. The molecule has 1 fully saturated rings. The van der Waals surface area contributed by atoms with Crippen LogP contribution in [-0.2, 0) is 16.6 Å². The van der Waals surface area contributed by atoms with Crippen molar-refractivity contribution in [1.29, 1.82) is 0 Å². The average Bonchev–Trinajstić information content (AvgIpc) is 3.50. The van der Waals surface area contributed by atoms with E-state index in [9.17, 15) is 13.2 Å². The van der Waals surface area contributed by atoms with Crippen molar-refractivity contribution in [3.05, 3.63) is 66.5 Å². The third-order valence-electron chi connectivity index (χ3n) is 4.93. The highest BCUT2D eigenvalue weighted by atomic mass is 32.2. The van der Waals surface area contributed by atoms with E-state index in [1.165, 1.54) is 24.9 Å². The quantitative estimate of drug-likeness (QED) is 0.609. The Hall–Kier alpha value is -2.98. The number of sulfonamides is 1. The van der Waals surface area contributed by atoms with Crippen molar-refractivity contribution in [1.82, 2.24) is 29.4 Å². The van der Waals surface area contributed by atoms with E-state index in [1.807, 2.05) is 30.3 Å². The highest BCUT2D eigenvalue weighted by Gasteiger charge is 2.26. The predicted octanol–water partition coefficient (Wildman–Crippen LogP) is 1.56. The van der Waals surface area contributed by atoms with Crippen LogP contribution >= 0.6 is 0 Å². The number of carbonyl (C=O) groups excluding carboxylic acids is 1. The van der Waals surface area contributed by atoms with Crippen LogP contribution in [0.1, 0.15) is 34.9 Å². The number of amides is 1. The van der Waals surface area contributed by atoms with Crippen LogP contribution < -0.4 is 4.72 Å². The van der Waals surface area contributed by atoms with Gasteiger partial charge < -0.3 is 9.88 Å². The van der Waals surface area contributed by atoms with Gasteiger partial charge in [-0.05, 0) is 24.5 Å². The summed E-state index contributed by atoms with van der Waals surface area (Å²) in [7, 11) is -3.86. The number of aromatic amines is 1. The lowest BCUT2D eigenvalue weighted by Gasteiger charge is -2.18. The number of nitrogens with zero attached hydrogens (tertiary/aromatic N) is 4. The lowest BCUT2D eigenvalue weighted by molar-refractivity contribution is 0.0787. The average molecular weight is 414 g/mol. The summed E-state index contributed by atoms with van der Waals surface area (Å²) in [6.07, 6.45) is 6.23. The number of benzene rings is 1. The van der Waals surface area contributed by atoms with Gasteiger partial charge in [-0.2, -0.15) is 5.10 Å². The smallest absolute Gasteiger partial charge is 0.270 e. The molecule has 0 spiro atoms. The minimum atomic E-state index is -3.86. The van der Waals surface area contributed by atoms with Gasteiger partial charge in [-0.1, -0.05) is 30.3 Å². The van der Waals surface area contributed by atoms with E-state index >= 15 is 0 Å². The number of aromatic nitrogens is 4. The number of rotatable bonds is 7. The summed E-state index contributed by atoms with van der Waals surface area (Å²) in [5, 5.41) is 4.07. The second-order valence-corrected chi connectivity index (χ2v) is 8.66. The fraction of sp³-hybridized carbons (Fsp3) is 0.316. The van der Waals surface area contributed by atoms with Crippen LogP contribution in [0, 0.1) is 0 Å². The van der Waals surface area contributed by atoms with E-state index in [0.29, 0.717) is 13.1 Å². The van der Waals surface area contributed by atoms with Gasteiger partial charge in [-0.15, -0.1) is 0 Å². The van der Waals surface area contributed by atoms with Crippen molar-refractivity contribution in [3.63, 3.8) is 0 Å². The first kappa shape index (κ1) is 19.3. The molecule has 3 heterocycles. The molecule has 152 valence electrons. The zero-order chi connectivity index (χ0) is 20.3. The number of likely N-dealkylation sites (tertiary alicyclic amines) is 1. The summed E-state index contributed by atoms with van der Waals surface area (Å²) in [5.74, 6) is -0.175. The summed E-state index contributed by atoms with van der Waals surface area (Å²) >= 11 is 0. The van der Waals surface area contributed by atoms with Gasteiger partial charge in [0.05, 0.1) is 12.6 Å². The van der Waals surface area contributed by atoms with E-state index in [2.05, 4.69) is 19.8 Å². The zero-order valence-corrected chi connectivity index (χ0v) is 16.5. The molecule has 9 nitrogen and oxygen atoms in total. The van der Waals surface area contributed by atoms with Crippen LogP contribution in [0.4, 0.5) is 0 Å². The molecule has 0 saturated carbocycles. The number of H-pyrrole nitrogens is 1. The molecule has 10 heteroatoms. The largest absolute Gasteiger partial charge is 0.356 e. The van der Waals surface area contributed by atoms with E-state index in [-0.39, 0.29) is 23.0 Å². The Morgan fingerprint density at radius 2 is 1.97 bits per heavy atom. The molecular weight excluding hydrogens is 392 g/mol. The van der Waals surface area contributed by atoms with Crippen molar-refractivity contribution in [2.75, 3.05) is 13.1 Å². The summed E-state index contributed by atoms with van der Waals surface area (Å²) < 4.78 is 30.3. The highest BCUT2D eigenvalue weighted by Crippen LogP contribution is 2.20. The van der Waals surface area contributed by atoms with E-state index in [1.54, 1.807) is 9.58 Å². The molecule has 2 aromatic heterocycles. The maximum atomic E-state index is 13.0. The van der Waals surface area contributed by atoms with E-state index in [4.69, 9.17) is 0 Å². The van der Waals surface area contributed by atoms with Crippen LogP contribution in [0.3, 0.4) is 0 Å². The molecule has 4 rings (SSSR count). The lowest BCUT2D eigenvalue weighted by atomic mass is 10.1. The Kier molecular flexibility index (Phi) is 5.45. The molecule has 0 radical (unpaired) electrons. The summed E-state index contributed by atoms with van der Waals surface area (Å²) in [6.45, 7) is 1.69. The monoisotopic (exact) mass is 414 g/mol. The Labute approximate surface area is 168 Å². The van der Waals surface area contributed by atoms with Crippen molar-refractivity contribution >= 4 is 15.9 Å². The number of hydrogen-bond acceptors (Lipinski definition) is 5. The fourth-order valence-electron chi connectivity index (χ4n) is 3.41. The summed E-state index contributed by atoms with van der Waals surface area (Å²) in [6, 6.07) is 10.1. The second kappa shape index (κ2) is 8.18. The van der Waals surface area contributed by atoms with Gasteiger partial charge in [-0.3, -0.25) is 9.48 Å². The van der Waals surface area contributed by atoms with Gasteiger partial charge in [0.2, 0.25) is 10.0 Å². The first-order valence-corrected chi connectivity index (χ1v) is 10.9. The molecular formula is C19H22N6O3S. The van der Waals surface area contributed by atoms with Gasteiger partial charge in [0.15, 0.2) is 0 Å². The van der Waals surface area contributed by atoms with Gasteiger partial charge >= 0.3 is 0 Å². The van der Waals surface area contributed by atoms with E-state index < -0.39 is 16.1 Å². The minimum Gasteiger partial charge on any atom is -0.356 e. The number of carbonyl (C=O) groups is 1. The number of hydrogen-bond donors (Lipinski definition) is 2. The third-order valence-corrected chi connectivity index (χ3v) is 6.38. The standard InChI is InChI=1S/C19H22N6O3S/c26-19(24-8-4-5-9-24)17-10-16(11-21-17)29(27,28)23-18(12-25-14-20-13-22-25)15-6-2-1-3-7-15/h1-3,6-7,10-11,13-14,18,21,23H,4-5,8-9,12H2. The molecule has 29 heavy (non-hydrogen) atoms. The second-order valence-electron chi connectivity index (χ2n) is 6.95. The molecule has 0 bridgehead atoms. The van der Waals surface area contributed by atoms with Crippen LogP contribution in [-0.4, -0.2) is 52.1 Å². The van der Waals surface area contributed by atoms with Crippen LogP contribution in [0.2, 0.25) is 0 Å². The highest BCUT2D eigenvalue weighted by molar-refractivity contribution is 7.89. The lowest BCUT2D eigenvalue weighted by Crippen LogP contribution is -2.31. The van der Waals surface area contributed by atoms with Crippen molar-refractivity contribution in [3.8, 4) is 0 Å². The molecule has 1 unspecified atom stereocenters. The molecule has 1 saturated heterocycles. The SMILES string of the molecule is O=C(c1cc(S(=O)(=O)NC(Cn2cncn2)c2ccccc2)c[nH]1)N1CCCC1. The van der Waals surface area contributed by atoms with Gasteiger partial charge in [-0.25, -0.2) is 18.1 Å². The Balaban J connectivity index is 1.56. The van der Waals surface area contributed by atoms with Gasteiger partial charge in [0.1, 0.15) is 23.2 Å². The van der Waals surface area contributed by atoms with Gasteiger partial charge in [0.25, 0.3) is 5.91 Å². The topological polar surface area (TPSA) is 113 Å². The maximum absolute atomic E-state index is 13.0. The Bertz CT molecular complexity index is 1060. The molecule has 1 amide bonds. The van der Waals surface area contributed by atoms with E-state index in [0.717, 1.165) is 18.4 Å². The number of nitrogens with one attached hydrogen (secondary N) is 2. The van der Waals surface area contributed by atoms with Crippen molar-refractivity contribution in [2.24, 2.45) is 0 Å². The molecule has 1 aliphatic rings. The summed E-state index contributed by atoms with van der Waals surface area (Å²) in [4.78, 5) is 21.0. The zero-order valence-electron chi connectivity index (χ0n) is 15.7. The maximum Gasteiger partial charge on any atom is 0.270 e. The van der Waals surface area contributed by atoms with Crippen molar-refractivity contribution < 1.29 is 13.2 Å². The molecule has 3 aromatic rings. The van der Waals surface area contributed by atoms with Crippen LogP contribution in [0.5, 0.6) is 0 Å². The van der Waals surface area contributed by atoms with Crippen LogP contribution in [0.25, 0.3) is 0 Å². The molecule has 0 aliphatic carbocycles. The normalized spacial score (nSPS) is 15.5. The first-order valence-electron chi connectivity index (χ1n) is 9.40. The van der Waals surface area contributed by atoms with Crippen LogP contribution in [0.15, 0.2) is 60.1 Å². The van der Waals surface area contributed by atoms with Crippen molar-refractivity contribution in [2.45, 2.75) is 30.3 Å². The molecule has 1 aliphatic heterocycles. The Morgan fingerprint density at radius 3 is 2.66 bits per heavy atom. The minimum absolute atomic E-state index is 0.0274. The Morgan fingerprint density at radius 1 is 1.21 bits per heavy atom. The third kappa shape index (κ3) is 4.38. The van der Waals surface area contributed by atoms with Gasteiger partial charge in [0, 0.05) is 19.3 Å². The summed E-state index contributed by atoms with van der Waals surface area (Å²) in [5.41, 5.74) is 1.08. The molecule has 1 atom stereocenters. The first-order chi connectivity index (χ1) is 14.0. The molecule has 1 aromatic carbocycles.